The Bertz CT molecular complexity index is 1260. The van der Waals surface area contributed by atoms with Gasteiger partial charge in [-0.05, 0) is 49.7 Å². The highest BCUT2D eigenvalue weighted by Gasteiger charge is 2.16. The molecule has 0 saturated heterocycles. The van der Waals surface area contributed by atoms with Crippen LogP contribution in [0.25, 0.3) is 27.9 Å². The predicted molar refractivity (Wildman–Crippen MR) is 129 cm³/mol. The maximum atomic E-state index is 6.45. The van der Waals surface area contributed by atoms with Gasteiger partial charge in [0.25, 0.3) is 0 Å². The molecule has 0 radical (unpaired) electrons. The molecule has 3 heterocycles. The fourth-order valence-electron chi connectivity index (χ4n) is 3.54. The highest BCUT2D eigenvalue weighted by molar-refractivity contribution is 6.31. The Balaban J connectivity index is 0.000000354. The summed E-state index contributed by atoms with van der Waals surface area (Å²) >= 11 is 6.45. The quantitative estimate of drug-likeness (QED) is 0.318. The standard InChI is InChI=1S/C22H19ClN2O.C4H4N2/c1-3-26-19-11-9-17(10-12-19)22-15(2)24-25-20(13-18(23)14-21(22)25)16-7-5-4-6-8-16;1-2-5-4-6-3-1/h4-14H,3H2,1-2H3;1-4H. The third-order valence-corrected chi connectivity index (χ3v) is 5.09. The van der Waals surface area contributed by atoms with Crippen molar-refractivity contribution in [1.82, 2.24) is 19.6 Å². The van der Waals surface area contributed by atoms with E-state index in [-0.39, 0.29) is 0 Å². The van der Waals surface area contributed by atoms with Crippen molar-refractivity contribution in [3.63, 3.8) is 0 Å². The summed E-state index contributed by atoms with van der Waals surface area (Å²) in [5, 5.41) is 5.49. The summed E-state index contributed by atoms with van der Waals surface area (Å²) in [6, 6.07) is 24.0. The Kier molecular flexibility index (Phi) is 6.78. The fraction of sp³-hybridized carbons (Fsp3) is 0.115. The molecular formula is C26H23ClN4O. The van der Waals surface area contributed by atoms with Gasteiger partial charge in [-0.25, -0.2) is 14.5 Å². The van der Waals surface area contributed by atoms with Crippen LogP contribution in [0.1, 0.15) is 12.6 Å². The minimum atomic E-state index is 0.658. The lowest BCUT2D eigenvalue weighted by Gasteiger charge is -2.08. The maximum absolute atomic E-state index is 6.45. The Hall–Kier alpha value is -3.70. The van der Waals surface area contributed by atoms with Crippen LogP contribution in [0.2, 0.25) is 5.02 Å². The summed E-state index contributed by atoms with van der Waals surface area (Å²) in [7, 11) is 0. The second-order valence-corrected chi connectivity index (χ2v) is 7.48. The van der Waals surface area contributed by atoms with Crippen molar-refractivity contribution in [3.8, 4) is 28.1 Å². The van der Waals surface area contributed by atoms with Gasteiger partial charge < -0.3 is 4.74 Å². The van der Waals surface area contributed by atoms with Gasteiger partial charge in [0.2, 0.25) is 0 Å². The lowest BCUT2D eigenvalue weighted by atomic mass is 10.0. The number of nitrogens with zero attached hydrogens (tertiary/aromatic N) is 4. The topological polar surface area (TPSA) is 52.3 Å². The normalized spacial score (nSPS) is 10.5. The zero-order valence-electron chi connectivity index (χ0n) is 17.9. The van der Waals surface area contributed by atoms with Crippen LogP contribution >= 0.6 is 11.6 Å². The summed E-state index contributed by atoms with van der Waals surface area (Å²) < 4.78 is 7.52. The Morgan fingerprint density at radius 2 is 1.59 bits per heavy atom. The third kappa shape index (κ3) is 4.79. The number of rotatable bonds is 4. The predicted octanol–water partition coefficient (Wildman–Crippen LogP) is 6.51. The van der Waals surface area contributed by atoms with Gasteiger partial charge in [-0.1, -0.05) is 54.1 Å². The summed E-state index contributed by atoms with van der Waals surface area (Å²) in [6.07, 6.45) is 4.88. The Morgan fingerprint density at radius 3 is 2.19 bits per heavy atom. The Morgan fingerprint density at radius 1 is 0.875 bits per heavy atom. The highest BCUT2D eigenvalue weighted by atomic mass is 35.5. The first-order valence-corrected chi connectivity index (χ1v) is 10.7. The molecule has 0 spiro atoms. The minimum absolute atomic E-state index is 0.658. The molecule has 0 N–H and O–H groups in total. The van der Waals surface area contributed by atoms with E-state index in [1.807, 2.05) is 60.8 Å². The molecule has 0 atom stereocenters. The van der Waals surface area contributed by atoms with Crippen LogP contribution in [0, 0.1) is 6.92 Å². The van der Waals surface area contributed by atoms with E-state index >= 15 is 0 Å². The Labute approximate surface area is 192 Å². The van der Waals surface area contributed by atoms with Crippen molar-refractivity contribution in [3.05, 3.63) is 102 Å². The average molecular weight is 443 g/mol. The van der Waals surface area contributed by atoms with Gasteiger partial charge in [-0.2, -0.15) is 5.10 Å². The van der Waals surface area contributed by atoms with Crippen molar-refractivity contribution in [1.29, 1.82) is 0 Å². The first kappa shape index (κ1) is 21.5. The molecule has 160 valence electrons. The number of pyridine rings is 1. The molecule has 0 amide bonds. The highest BCUT2D eigenvalue weighted by Crippen LogP contribution is 2.34. The largest absolute Gasteiger partial charge is 0.494 e. The maximum Gasteiger partial charge on any atom is 0.119 e. The summed E-state index contributed by atoms with van der Waals surface area (Å²) in [4.78, 5) is 7.35. The van der Waals surface area contributed by atoms with Gasteiger partial charge in [0.05, 0.1) is 23.5 Å². The van der Waals surface area contributed by atoms with E-state index in [1.165, 1.54) is 6.33 Å². The van der Waals surface area contributed by atoms with Crippen LogP contribution in [0.15, 0.2) is 91.5 Å². The number of benzene rings is 2. The number of aromatic nitrogens is 4. The SMILES string of the molecule is CCOc1ccc(-c2c(C)nn3c(-c4ccccc4)cc(Cl)cc23)cc1.c1cncnc1. The molecule has 0 saturated carbocycles. The van der Waals surface area contributed by atoms with Crippen LogP contribution in [0.3, 0.4) is 0 Å². The van der Waals surface area contributed by atoms with Gasteiger partial charge in [0.15, 0.2) is 0 Å². The molecule has 5 rings (SSSR count). The number of fused-ring (bicyclic) bond motifs is 1. The molecule has 0 aliphatic rings. The zero-order valence-corrected chi connectivity index (χ0v) is 18.7. The molecule has 0 fully saturated rings. The molecule has 5 aromatic rings. The molecule has 0 aliphatic heterocycles. The van der Waals surface area contributed by atoms with Crippen LogP contribution in [-0.4, -0.2) is 26.2 Å². The molecule has 5 nitrogen and oxygen atoms in total. The van der Waals surface area contributed by atoms with E-state index < -0.39 is 0 Å². The van der Waals surface area contributed by atoms with Crippen molar-refractivity contribution >= 4 is 17.1 Å². The molecule has 2 aromatic carbocycles. The molecule has 32 heavy (non-hydrogen) atoms. The van der Waals surface area contributed by atoms with E-state index in [4.69, 9.17) is 21.4 Å². The van der Waals surface area contributed by atoms with Crippen molar-refractivity contribution < 1.29 is 4.74 Å². The van der Waals surface area contributed by atoms with Crippen molar-refractivity contribution in [2.45, 2.75) is 13.8 Å². The van der Waals surface area contributed by atoms with Crippen LogP contribution in [0.4, 0.5) is 0 Å². The summed E-state index contributed by atoms with van der Waals surface area (Å²) in [5.74, 6) is 0.869. The second-order valence-electron chi connectivity index (χ2n) is 7.04. The monoisotopic (exact) mass is 442 g/mol. The van der Waals surface area contributed by atoms with E-state index in [0.717, 1.165) is 39.3 Å². The third-order valence-electron chi connectivity index (χ3n) is 4.87. The molecule has 0 bridgehead atoms. The number of aryl methyl sites for hydroxylation is 1. The first-order valence-electron chi connectivity index (χ1n) is 10.3. The van der Waals surface area contributed by atoms with Gasteiger partial charge in [0.1, 0.15) is 12.1 Å². The fourth-order valence-corrected chi connectivity index (χ4v) is 3.74. The number of halogens is 1. The van der Waals surface area contributed by atoms with Crippen molar-refractivity contribution in [2.75, 3.05) is 6.61 Å². The number of hydrogen-bond acceptors (Lipinski definition) is 4. The number of hydrogen-bond donors (Lipinski definition) is 0. The van der Waals surface area contributed by atoms with Crippen LogP contribution in [0.5, 0.6) is 5.75 Å². The second kappa shape index (κ2) is 10.1. The van der Waals surface area contributed by atoms with E-state index in [2.05, 4.69) is 34.2 Å². The van der Waals surface area contributed by atoms with E-state index in [9.17, 15) is 0 Å². The minimum Gasteiger partial charge on any atom is -0.494 e. The smallest absolute Gasteiger partial charge is 0.119 e. The van der Waals surface area contributed by atoms with Gasteiger partial charge in [0, 0.05) is 28.5 Å². The summed E-state index contributed by atoms with van der Waals surface area (Å²) in [6.45, 7) is 4.67. The van der Waals surface area contributed by atoms with Gasteiger partial charge >= 0.3 is 0 Å². The average Bonchev–Trinajstić information content (AvgIpc) is 3.17. The number of ether oxygens (including phenoxy) is 1. The first-order chi connectivity index (χ1) is 15.7. The molecule has 0 aliphatic carbocycles. The molecule has 3 aromatic heterocycles. The molecule has 0 unspecified atom stereocenters. The van der Waals surface area contributed by atoms with Gasteiger partial charge in [-0.3, -0.25) is 0 Å². The molecule has 6 heteroatoms. The van der Waals surface area contributed by atoms with E-state index in [1.54, 1.807) is 18.5 Å². The summed E-state index contributed by atoms with van der Waals surface area (Å²) in [5.41, 5.74) is 6.22. The zero-order chi connectivity index (χ0) is 22.3. The van der Waals surface area contributed by atoms with Crippen LogP contribution < -0.4 is 4.74 Å². The lowest BCUT2D eigenvalue weighted by molar-refractivity contribution is 0.340. The van der Waals surface area contributed by atoms with E-state index in [0.29, 0.717) is 11.6 Å². The lowest BCUT2D eigenvalue weighted by Crippen LogP contribution is -1.94. The van der Waals surface area contributed by atoms with Crippen LogP contribution in [-0.2, 0) is 0 Å². The van der Waals surface area contributed by atoms with Gasteiger partial charge in [-0.15, -0.1) is 0 Å². The molecular weight excluding hydrogens is 420 g/mol. The van der Waals surface area contributed by atoms with Crippen molar-refractivity contribution in [2.24, 2.45) is 0 Å².